The number of hydrogen-bond donors (Lipinski definition) is 1. The number of aromatic nitrogens is 2. The summed E-state index contributed by atoms with van der Waals surface area (Å²) >= 11 is 1.19. The zero-order chi connectivity index (χ0) is 21.4. The molecule has 1 aromatic heterocycles. The highest BCUT2D eigenvalue weighted by Crippen LogP contribution is 2.31. The number of carbonyl (C=O) groups excluding carboxylic acids is 1. The molecule has 2 heterocycles. The first-order chi connectivity index (χ1) is 15.0. The van der Waals surface area contributed by atoms with Crippen LogP contribution in [0.25, 0.3) is 10.8 Å². The topological polar surface area (TPSA) is 92.3 Å². The molecule has 1 amide bonds. The summed E-state index contributed by atoms with van der Waals surface area (Å²) in [5.74, 6) is -0.421. The number of sulfonamides is 1. The zero-order valence-corrected chi connectivity index (χ0v) is 17.9. The molecule has 31 heavy (non-hydrogen) atoms. The SMILES string of the molecule is O=C(Nc1nncs1)[C@@H]1Cc2ccccc2CN1S(=O)(=O)c1ccc2ccccc2c1. The Hall–Kier alpha value is -3.14. The van der Waals surface area contributed by atoms with Crippen LogP contribution in [0.5, 0.6) is 0 Å². The van der Waals surface area contributed by atoms with Gasteiger partial charge >= 0.3 is 0 Å². The maximum Gasteiger partial charge on any atom is 0.245 e. The fourth-order valence-electron chi connectivity index (χ4n) is 3.85. The van der Waals surface area contributed by atoms with Crippen molar-refractivity contribution in [3.63, 3.8) is 0 Å². The second kappa shape index (κ2) is 7.84. The van der Waals surface area contributed by atoms with Gasteiger partial charge in [-0.3, -0.25) is 10.1 Å². The van der Waals surface area contributed by atoms with Crippen molar-refractivity contribution in [1.82, 2.24) is 14.5 Å². The molecule has 0 saturated carbocycles. The van der Waals surface area contributed by atoms with Gasteiger partial charge in [-0.05, 0) is 40.5 Å². The third-order valence-corrected chi connectivity index (χ3v) is 7.88. The second-order valence-corrected chi connectivity index (χ2v) is 10.0. The van der Waals surface area contributed by atoms with E-state index in [9.17, 15) is 13.2 Å². The van der Waals surface area contributed by atoms with Crippen LogP contribution in [-0.2, 0) is 27.8 Å². The van der Waals surface area contributed by atoms with E-state index in [1.54, 1.807) is 18.2 Å². The summed E-state index contributed by atoms with van der Waals surface area (Å²) < 4.78 is 28.6. The van der Waals surface area contributed by atoms with Gasteiger partial charge in [0, 0.05) is 6.54 Å². The number of amides is 1. The molecule has 0 bridgehead atoms. The van der Waals surface area contributed by atoms with Gasteiger partial charge in [0.1, 0.15) is 11.6 Å². The zero-order valence-electron chi connectivity index (χ0n) is 16.3. The largest absolute Gasteiger partial charge is 0.299 e. The van der Waals surface area contributed by atoms with Gasteiger partial charge in [0.15, 0.2) is 0 Å². The van der Waals surface area contributed by atoms with Gasteiger partial charge < -0.3 is 0 Å². The van der Waals surface area contributed by atoms with Crippen molar-refractivity contribution in [2.45, 2.75) is 23.9 Å². The van der Waals surface area contributed by atoms with Gasteiger partial charge in [0.25, 0.3) is 0 Å². The Morgan fingerprint density at radius 1 is 1.00 bits per heavy atom. The molecule has 7 nitrogen and oxygen atoms in total. The summed E-state index contributed by atoms with van der Waals surface area (Å²) in [4.78, 5) is 13.3. The van der Waals surface area contributed by atoms with Gasteiger partial charge in [-0.1, -0.05) is 65.9 Å². The Morgan fingerprint density at radius 2 is 1.74 bits per heavy atom. The minimum absolute atomic E-state index is 0.125. The summed E-state index contributed by atoms with van der Waals surface area (Å²) in [6.45, 7) is 0.125. The number of fused-ring (bicyclic) bond motifs is 2. The maximum absolute atomic E-state index is 13.7. The molecule has 1 aliphatic rings. The minimum Gasteiger partial charge on any atom is -0.299 e. The highest BCUT2D eigenvalue weighted by Gasteiger charge is 2.39. The molecule has 4 aromatic rings. The lowest BCUT2D eigenvalue weighted by atomic mass is 9.95. The number of nitrogens with one attached hydrogen (secondary N) is 1. The molecule has 1 atom stereocenters. The predicted molar refractivity (Wildman–Crippen MR) is 119 cm³/mol. The normalized spacial score (nSPS) is 16.7. The lowest BCUT2D eigenvalue weighted by molar-refractivity contribution is -0.120. The molecular weight excluding hydrogens is 432 g/mol. The van der Waals surface area contributed by atoms with E-state index in [0.717, 1.165) is 21.9 Å². The molecule has 3 aromatic carbocycles. The van der Waals surface area contributed by atoms with Gasteiger partial charge in [0.05, 0.1) is 4.90 Å². The van der Waals surface area contributed by atoms with Crippen LogP contribution in [0.15, 0.2) is 77.1 Å². The fourth-order valence-corrected chi connectivity index (χ4v) is 5.90. The number of rotatable bonds is 4. The molecule has 0 spiro atoms. The smallest absolute Gasteiger partial charge is 0.245 e. The average molecular weight is 451 g/mol. The summed E-state index contributed by atoms with van der Waals surface area (Å²) in [5.41, 5.74) is 3.37. The van der Waals surface area contributed by atoms with E-state index in [1.807, 2.05) is 48.5 Å². The van der Waals surface area contributed by atoms with Crippen molar-refractivity contribution in [2.75, 3.05) is 5.32 Å². The van der Waals surface area contributed by atoms with Crippen LogP contribution >= 0.6 is 11.3 Å². The van der Waals surface area contributed by atoms with Crippen molar-refractivity contribution in [3.05, 3.63) is 83.4 Å². The van der Waals surface area contributed by atoms with Crippen LogP contribution in [-0.4, -0.2) is 34.9 Å². The lowest BCUT2D eigenvalue weighted by Gasteiger charge is -2.34. The molecule has 5 rings (SSSR count). The first kappa shape index (κ1) is 19.8. The standard InChI is InChI=1S/C22H18N4O3S2/c27-21(24-22-25-23-14-30-22)20-12-17-7-3-4-8-18(17)13-26(20)31(28,29)19-10-9-15-5-1-2-6-16(15)11-19/h1-11,14,20H,12-13H2,(H,24,25,27)/t20-/m0/s1. The Balaban J connectivity index is 1.56. The van der Waals surface area contributed by atoms with Crippen LogP contribution < -0.4 is 5.32 Å². The Bertz CT molecular complexity index is 1370. The summed E-state index contributed by atoms with van der Waals surface area (Å²) in [6, 6.07) is 19.3. The Labute approximate surface area is 183 Å². The number of hydrogen-bond acceptors (Lipinski definition) is 6. The molecule has 0 radical (unpaired) electrons. The third-order valence-electron chi connectivity index (χ3n) is 5.43. The molecule has 156 valence electrons. The Morgan fingerprint density at radius 3 is 2.52 bits per heavy atom. The molecule has 1 aliphatic heterocycles. The first-order valence-corrected chi connectivity index (χ1v) is 12.0. The van der Waals surface area contributed by atoms with Gasteiger partial charge in [-0.2, -0.15) is 4.31 Å². The van der Waals surface area contributed by atoms with Crippen LogP contribution in [0.1, 0.15) is 11.1 Å². The van der Waals surface area contributed by atoms with Crippen LogP contribution in [0.2, 0.25) is 0 Å². The summed E-state index contributed by atoms with van der Waals surface area (Å²) in [7, 11) is -3.93. The number of carbonyl (C=O) groups is 1. The average Bonchev–Trinajstić information content (AvgIpc) is 3.31. The molecule has 0 aliphatic carbocycles. The minimum atomic E-state index is -3.93. The third kappa shape index (κ3) is 3.71. The molecule has 9 heteroatoms. The summed E-state index contributed by atoms with van der Waals surface area (Å²) in [6.07, 6.45) is 0.285. The van der Waals surface area contributed by atoms with Gasteiger partial charge in [0.2, 0.25) is 21.1 Å². The van der Waals surface area contributed by atoms with E-state index < -0.39 is 22.0 Å². The lowest BCUT2D eigenvalue weighted by Crippen LogP contribution is -2.50. The quantitative estimate of drug-likeness (QED) is 0.514. The first-order valence-electron chi connectivity index (χ1n) is 9.67. The van der Waals surface area contributed by atoms with E-state index in [0.29, 0.717) is 5.13 Å². The predicted octanol–water partition coefficient (Wildman–Crippen LogP) is 3.45. The van der Waals surface area contributed by atoms with Crippen molar-refractivity contribution >= 4 is 43.2 Å². The highest BCUT2D eigenvalue weighted by atomic mass is 32.2. The second-order valence-electron chi connectivity index (χ2n) is 7.28. The fraction of sp³-hybridized carbons (Fsp3) is 0.136. The van der Waals surface area contributed by atoms with Gasteiger partial charge in [-0.25, -0.2) is 8.42 Å². The van der Waals surface area contributed by atoms with Crippen molar-refractivity contribution in [1.29, 1.82) is 0 Å². The van der Waals surface area contributed by atoms with E-state index in [4.69, 9.17) is 0 Å². The molecule has 0 fully saturated rings. The van der Waals surface area contributed by atoms with E-state index in [2.05, 4.69) is 15.5 Å². The number of nitrogens with zero attached hydrogens (tertiary/aromatic N) is 3. The van der Waals surface area contributed by atoms with E-state index >= 15 is 0 Å². The van der Waals surface area contributed by atoms with E-state index in [1.165, 1.54) is 21.2 Å². The van der Waals surface area contributed by atoms with Crippen molar-refractivity contribution in [2.24, 2.45) is 0 Å². The summed E-state index contributed by atoms with van der Waals surface area (Å²) in [5, 5.41) is 12.4. The molecule has 0 saturated heterocycles. The van der Waals surface area contributed by atoms with Crippen LogP contribution in [0.4, 0.5) is 5.13 Å². The van der Waals surface area contributed by atoms with Gasteiger partial charge in [-0.15, -0.1) is 10.2 Å². The highest BCUT2D eigenvalue weighted by molar-refractivity contribution is 7.89. The maximum atomic E-state index is 13.7. The number of anilines is 1. The molecular formula is C22H18N4O3S2. The molecule has 0 unspecified atom stereocenters. The van der Waals surface area contributed by atoms with E-state index in [-0.39, 0.29) is 17.9 Å². The Kier molecular flexibility index (Phi) is 5.01. The molecule has 1 N–H and O–H groups in total. The monoisotopic (exact) mass is 450 g/mol. The van der Waals surface area contributed by atoms with Crippen LogP contribution in [0, 0.1) is 0 Å². The van der Waals surface area contributed by atoms with Crippen molar-refractivity contribution < 1.29 is 13.2 Å². The van der Waals surface area contributed by atoms with Crippen LogP contribution in [0.3, 0.4) is 0 Å². The van der Waals surface area contributed by atoms with Crippen molar-refractivity contribution in [3.8, 4) is 0 Å². The number of benzene rings is 3.